The summed E-state index contributed by atoms with van der Waals surface area (Å²) in [6.45, 7) is 0.527. The Hall–Kier alpha value is -3.75. The Balaban J connectivity index is 1.50. The number of rotatable bonds is 6. The van der Waals surface area contributed by atoms with Gasteiger partial charge in [0.05, 0.1) is 33.2 Å². The number of aryl methyl sites for hydroxylation is 2. The lowest BCUT2D eigenvalue weighted by molar-refractivity contribution is -0.383. The summed E-state index contributed by atoms with van der Waals surface area (Å²) < 4.78 is 2.06. The van der Waals surface area contributed by atoms with Gasteiger partial charge in [0.15, 0.2) is 0 Å². The zero-order chi connectivity index (χ0) is 19.7. The summed E-state index contributed by atoms with van der Waals surface area (Å²) >= 11 is 0. The van der Waals surface area contributed by atoms with Crippen LogP contribution in [0.5, 0.6) is 0 Å². The first kappa shape index (κ1) is 17.7. The van der Waals surface area contributed by atoms with Crippen molar-refractivity contribution in [2.24, 2.45) is 7.05 Å². The number of nitro benzene ring substituents is 1. The number of H-pyrrole nitrogens is 1. The van der Waals surface area contributed by atoms with Crippen LogP contribution in [0.1, 0.15) is 12.2 Å². The first-order valence-corrected chi connectivity index (χ1v) is 8.84. The number of aromatic nitrogens is 4. The topological polar surface area (TPSA) is 119 Å². The average molecular weight is 378 g/mol. The maximum atomic E-state index is 11.8. The van der Waals surface area contributed by atoms with E-state index in [2.05, 4.69) is 24.8 Å². The van der Waals surface area contributed by atoms with E-state index in [1.54, 1.807) is 0 Å². The van der Waals surface area contributed by atoms with Crippen LogP contribution >= 0.6 is 0 Å². The van der Waals surface area contributed by atoms with Crippen molar-refractivity contribution in [2.45, 2.75) is 12.8 Å². The van der Waals surface area contributed by atoms with Crippen molar-refractivity contribution in [3.63, 3.8) is 0 Å². The molecule has 9 nitrogen and oxygen atoms in total. The van der Waals surface area contributed by atoms with Gasteiger partial charge in [-0.1, -0.05) is 12.1 Å². The molecule has 0 radical (unpaired) electrons. The maximum Gasteiger partial charge on any atom is 0.293 e. The first-order chi connectivity index (χ1) is 13.5. The van der Waals surface area contributed by atoms with E-state index in [0.717, 1.165) is 29.7 Å². The highest BCUT2D eigenvalue weighted by Crippen LogP contribution is 2.28. The van der Waals surface area contributed by atoms with Crippen LogP contribution in [0.3, 0.4) is 0 Å². The third-order valence-corrected chi connectivity index (χ3v) is 4.73. The number of benzene rings is 2. The molecule has 0 aliphatic heterocycles. The molecule has 28 heavy (non-hydrogen) atoms. The lowest BCUT2D eigenvalue weighted by atomic mass is 10.2. The van der Waals surface area contributed by atoms with Crippen molar-refractivity contribution in [1.29, 1.82) is 0 Å². The molecule has 0 bridgehead atoms. The first-order valence-electron chi connectivity index (χ1n) is 8.84. The number of fused-ring (bicyclic) bond motifs is 2. The zero-order valence-corrected chi connectivity index (χ0v) is 15.2. The van der Waals surface area contributed by atoms with Crippen molar-refractivity contribution in [3.05, 3.63) is 69.0 Å². The molecule has 0 fully saturated rings. The van der Waals surface area contributed by atoms with Gasteiger partial charge in [0, 0.05) is 26.1 Å². The van der Waals surface area contributed by atoms with Gasteiger partial charge in [-0.25, -0.2) is 9.97 Å². The summed E-state index contributed by atoms with van der Waals surface area (Å²) in [7, 11) is 1.98. The number of para-hydroxylation sites is 2. The minimum Gasteiger partial charge on any atom is -0.379 e. The second-order valence-corrected chi connectivity index (χ2v) is 6.48. The van der Waals surface area contributed by atoms with E-state index in [1.165, 1.54) is 18.5 Å². The van der Waals surface area contributed by atoms with Crippen LogP contribution in [0.25, 0.3) is 21.9 Å². The normalized spacial score (nSPS) is 11.2. The Kier molecular flexibility index (Phi) is 4.48. The van der Waals surface area contributed by atoms with Crippen molar-refractivity contribution in [1.82, 2.24) is 19.5 Å². The lowest BCUT2D eigenvalue weighted by Crippen LogP contribution is -2.10. The van der Waals surface area contributed by atoms with Crippen LogP contribution in [-0.4, -0.2) is 31.0 Å². The molecule has 2 N–H and O–H groups in total. The number of hydrogen-bond donors (Lipinski definition) is 2. The number of nitro groups is 1. The van der Waals surface area contributed by atoms with Crippen molar-refractivity contribution in [3.8, 4) is 0 Å². The third-order valence-electron chi connectivity index (χ3n) is 4.73. The van der Waals surface area contributed by atoms with Crippen LogP contribution in [0.15, 0.2) is 47.5 Å². The van der Waals surface area contributed by atoms with Crippen LogP contribution < -0.4 is 10.9 Å². The van der Waals surface area contributed by atoms with Gasteiger partial charge in [-0.2, -0.15) is 0 Å². The monoisotopic (exact) mass is 378 g/mol. The maximum absolute atomic E-state index is 11.8. The quantitative estimate of drug-likeness (QED) is 0.302. The number of nitrogens with one attached hydrogen (secondary N) is 2. The molecule has 0 amide bonds. The minimum absolute atomic E-state index is 0.145. The smallest absolute Gasteiger partial charge is 0.293 e. The Bertz CT molecular complexity index is 1240. The van der Waals surface area contributed by atoms with E-state index >= 15 is 0 Å². The van der Waals surface area contributed by atoms with Crippen molar-refractivity contribution < 1.29 is 4.92 Å². The Morgan fingerprint density at radius 3 is 2.86 bits per heavy atom. The largest absolute Gasteiger partial charge is 0.379 e. The number of imidazole rings is 1. The van der Waals surface area contributed by atoms with E-state index in [9.17, 15) is 14.9 Å². The fourth-order valence-electron chi connectivity index (χ4n) is 3.28. The van der Waals surface area contributed by atoms with Gasteiger partial charge in [-0.05, 0) is 24.6 Å². The molecule has 9 heteroatoms. The standard InChI is InChI=1S/C19H18N6O3/c1-24-16-6-3-2-5-13(16)23-18(24)7-4-8-20-15-10-14-12(9-17(15)25(27)28)19(26)22-11-21-14/h2-3,5-6,9-11,20H,4,7-8H2,1H3,(H,21,22,26). The number of anilines is 1. The second-order valence-electron chi connectivity index (χ2n) is 6.48. The highest BCUT2D eigenvalue weighted by atomic mass is 16.6. The molecule has 4 aromatic rings. The highest BCUT2D eigenvalue weighted by molar-refractivity contribution is 5.86. The van der Waals surface area contributed by atoms with Crippen LogP contribution in [0.2, 0.25) is 0 Å². The van der Waals surface area contributed by atoms with E-state index in [0.29, 0.717) is 17.7 Å². The fourth-order valence-corrected chi connectivity index (χ4v) is 3.28. The van der Waals surface area contributed by atoms with Crippen LogP contribution in [0.4, 0.5) is 11.4 Å². The molecule has 2 aromatic carbocycles. The molecule has 2 aromatic heterocycles. The predicted molar refractivity (Wildman–Crippen MR) is 107 cm³/mol. The zero-order valence-electron chi connectivity index (χ0n) is 15.2. The summed E-state index contributed by atoms with van der Waals surface area (Å²) in [4.78, 5) is 33.9. The van der Waals surface area contributed by atoms with Gasteiger partial charge >= 0.3 is 0 Å². The lowest BCUT2D eigenvalue weighted by Gasteiger charge is -2.08. The number of nitrogens with zero attached hydrogens (tertiary/aromatic N) is 4. The summed E-state index contributed by atoms with van der Waals surface area (Å²) in [6, 6.07) is 10.7. The predicted octanol–water partition coefficient (Wildman–Crippen LogP) is 2.76. The van der Waals surface area contributed by atoms with E-state index < -0.39 is 10.5 Å². The van der Waals surface area contributed by atoms with Gasteiger partial charge in [0.25, 0.3) is 11.2 Å². The molecule has 2 heterocycles. The Labute approximate surface area is 159 Å². The summed E-state index contributed by atoms with van der Waals surface area (Å²) in [5.74, 6) is 0.962. The third kappa shape index (κ3) is 3.18. The van der Waals surface area contributed by atoms with Crippen LogP contribution in [0, 0.1) is 10.1 Å². The second kappa shape index (κ2) is 7.10. The van der Waals surface area contributed by atoms with E-state index in [4.69, 9.17) is 0 Å². The molecule has 0 saturated heterocycles. The Morgan fingerprint density at radius 1 is 1.25 bits per heavy atom. The number of hydrogen-bond acceptors (Lipinski definition) is 6. The average Bonchev–Trinajstić information content (AvgIpc) is 3.01. The summed E-state index contributed by atoms with van der Waals surface area (Å²) in [5.41, 5.74) is 2.24. The Morgan fingerprint density at radius 2 is 2.07 bits per heavy atom. The molecule has 0 aliphatic rings. The van der Waals surface area contributed by atoms with E-state index in [-0.39, 0.29) is 11.1 Å². The fraction of sp³-hybridized carbons (Fsp3) is 0.211. The van der Waals surface area contributed by atoms with Gasteiger partial charge in [-0.15, -0.1) is 0 Å². The molecular formula is C19H18N6O3. The molecule has 0 spiro atoms. The molecule has 0 aliphatic carbocycles. The van der Waals surface area contributed by atoms with Gasteiger partial charge in [-0.3, -0.25) is 14.9 Å². The SMILES string of the molecule is Cn1c(CCCNc2cc3nc[nH]c(=O)c3cc2[N+](=O)[O-])nc2ccccc21. The highest BCUT2D eigenvalue weighted by Gasteiger charge is 2.17. The minimum atomic E-state index is -0.500. The van der Waals surface area contributed by atoms with Crippen LogP contribution in [-0.2, 0) is 13.5 Å². The van der Waals surface area contributed by atoms with Crippen molar-refractivity contribution in [2.75, 3.05) is 11.9 Å². The van der Waals surface area contributed by atoms with Gasteiger partial charge in [0.1, 0.15) is 11.5 Å². The van der Waals surface area contributed by atoms with Gasteiger partial charge < -0.3 is 14.9 Å². The summed E-state index contributed by atoms with van der Waals surface area (Å²) in [5, 5.41) is 14.7. The molecule has 0 atom stereocenters. The number of aromatic amines is 1. The molecule has 0 unspecified atom stereocenters. The molecule has 0 saturated carbocycles. The summed E-state index contributed by atoms with van der Waals surface area (Å²) in [6.07, 6.45) is 2.76. The van der Waals surface area contributed by atoms with Gasteiger partial charge in [0.2, 0.25) is 0 Å². The molecular weight excluding hydrogens is 360 g/mol. The molecule has 142 valence electrons. The molecule has 4 rings (SSSR count). The van der Waals surface area contributed by atoms with E-state index in [1.807, 2.05) is 31.3 Å². The van der Waals surface area contributed by atoms with Crippen molar-refractivity contribution >= 4 is 33.3 Å².